The minimum atomic E-state index is -4.24. The molecule has 2 N–H and O–H groups in total. The third kappa shape index (κ3) is 3.93. The van der Waals surface area contributed by atoms with Crippen LogP contribution in [0, 0.1) is 0 Å². The number of aromatic nitrogens is 1. The largest absolute Gasteiger partial charge is 0.464 e. The van der Waals surface area contributed by atoms with E-state index in [0.717, 1.165) is 0 Å². The molecule has 0 saturated heterocycles. The number of H-pyrrole nitrogens is 1. The SMILES string of the molecule is COC(=O)c1ccc(CNCC(F)(F)F)[nH]1. The average Bonchev–Trinajstić information content (AvgIpc) is 2.63. The van der Waals surface area contributed by atoms with Gasteiger partial charge in [0.2, 0.25) is 0 Å². The molecule has 0 aliphatic carbocycles. The lowest BCUT2D eigenvalue weighted by molar-refractivity contribution is -0.125. The van der Waals surface area contributed by atoms with Crippen molar-refractivity contribution in [2.75, 3.05) is 13.7 Å². The first-order valence-corrected chi connectivity index (χ1v) is 4.46. The number of halogens is 3. The smallest absolute Gasteiger partial charge is 0.401 e. The first kappa shape index (κ1) is 12.6. The fourth-order valence-corrected chi connectivity index (χ4v) is 1.11. The number of nitrogens with one attached hydrogen (secondary N) is 2. The highest BCUT2D eigenvalue weighted by Crippen LogP contribution is 2.12. The van der Waals surface area contributed by atoms with E-state index in [-0.39, 0.29) is 12.2 Å². The van der Waals surface area contributed by atoms with Crippen molar-refractivity contribution in [1.29, 1.82) is 0 Å². The molecule has 1 rings (SSSR count). The normalized spacial score (nSPS) is 11.5. The van der Waals surface area contributed by atoms with E-state index < -0.39 is 18.7 Å². The number of ether oxygens (including phenoxy) is 1. The Morgan fingerprint density at radius 3 is 2.75 bits per heavy atom. The maximum atomic E-state index is 11.8. The van der Waals surface area contributed by atoms with E-state index >= 15 is 0 Å². The van der Waals surface area contributed by atoms with Gasteiger partial charge in [0.25, 0.3) is 0 Å². The number of methoxy groups -OCH3 is 1. The van der Waals surface area contributed by atoms with Crippen molar-refractivity contribution in [2.45, 2.75) is 12.7 Å². The summed E-state index contributed by atoms with van der Waals surface area (Å²) in [4.78, 5) is 13.7. The van der Waals surface area contributed by atoms with Crippen molar-refractivity contribution in [3.63, 3.8) is 0 Å². The van der Waals surface area contributed by atoms with Crippen LogP contribution in [0.15, 0.2) is 12.1 Å². The number of carbonyl (C=O) groups excluding carboxylic acids is 1. The molecule has 0 aromatic carbocycles. The molecular formula is C9H11F3N2O2. The molecule has 0 amide bonds. The van der Waals surface area contributed by atoms with Crippen LogP contribution in [0.25, 0.3) is 0 Å². The summed E-state index contributed by atoms with van der Waals surface area (Å²) in [6.45, 7) is -1.06. The van der Waals surface area contributed by atoms with Gasteiger partial charge in [0, 0.05) is 12.2 Å². The molecule has 0 spiro atoms. The molecule has 0 radical (unpaired) electrons. The van der Waals surface area contributed by atoms with E-state index in [2.05, 4.69) is 15.0 Å². The second-order valence-electron chi connectivity index (χ2n) is 3.11. The van der Waals surface area contributed by atoms with Crippen molar-refractivity contribution in [2.24, 2.45) is 0 Å². The standard InChI is InChI=1S/C9H11F3N2O2/c1-16-8(15)7-3-2-6(14-7)4-13-5-9(10,11)12/h2-3,13-14H,4-5H2,1H3. The van der Waals surface area contributed by atoms with Crippen LogP contribution in [0.2, 0.25) is 0 Å². The zero-order valence-corrected chi connectivity index (χ0v) is 8.52. The van der Waals surface area contributed by atoms with Gasteiger partial charge in [-0.2, -0.15) is 13.2 Å². The molecule has 4 nitrogen and oxygen atoms in total. The molecule has 0 fully saturated rings. The third-order valence-corrected chi connectivity index (χ3v) is 1.79. The molecule has 0 unspecified atom stereocenters. The van der Waals surface area contributed by atoms with Gasteiger partial charge in [0.1, 0.15) is 5.69 Å². The summed E-state index contributed by atoms with van der Waals surface area (Å²) in [6.07, 6.45) is -4.24. The van der Waals surface area contributed by atoms with Crippen LogP contribution in [0.5, 0.6) is 0 Å². The summed E-state index contributed by atoms with van der Waals surface area (Å²) in [5, 5.41) is 2.20. The summed E-state index contributed by atoms with van der Waals surface area (Å²) < 4.78 is 39.8. The lowest BCUT2D eigenvalue weighted by Crippen LogP contribution is -2.28. The van der Waals surface area contributed by atoms with Gasteiger partial charge in [-0.05, 0) is 12.1 Å². The Balaban J connectivity index is 2.44. The van der Waals surface area contributed by atoms with Gasteiger partial charge in [0.15, 0.2) is 0 Å². The van der Waals surface area contributed by atoms with Crippen LogP contribution < -0.4 is 5.32 Å². The van der Waals surface area contributed by atoms with Gasteiger partial charge < -0.3 is 15.0 Å². The molecular weight excluding hydrogens is 225 g/mol. The van der Waals surface area contributed by atoms with Crippen molar-refractivity contribution >= 4 is 5.97 Å². The molecule has 7 heteroatoms. The number of carbonyl (C=O) groups is 1. The van der Waals surface area contributed by atoms with Crippen LogP contribution in [-0.2, 0) is 11.3 Å². The predicted molar refractivity (Wildman–Crippen MR) is 49.9 cm³/mol. The molecule has 1 aromatic rings. The number of alkyl halides is 3. The number of esters is 1. The van der Waals surface area contributed by atoms with Gasteiger partial charge in [0.05, 0.1) is 13.7 Å². The molecule has 16 heavy (non-hydrogen) atoms. The molecule has 1 heterocycles. The molecule has 1 aromatic heterocycles. The summed E-state index contributed by atoms with van der Waals surface area (Å²) in [5.74, 6) is -0.554. The molecule has 0 aliphatic rings. The van der Waals surface area contributed by atoms with E-state index in [1.807, 2.05) is 0 Å². The molecule has 90 valence electrons. The van der Waals surface area contributed by atoms with E-state index in [9.17, 15) is 18.0 Å². The second-order valence-corrected chi connectivity index (χ2v) is 3.11. The fourth-order valence-electron chi connectivity index (χ4n) is 1.11. The first-order valence-electron chi connectivity index (χ1n) is 4.46. The Bertz CT molecular complexity index is 360. The first-order chi connectivity index (χ1) is 7.42. The van der Waals surface area contributed by atoms with E-state index in [4.69, 9.17) is 0 Å². The lowest BCUT2D eigenvalue weighted by Gasteiger charge is -2.06. The van der Waals surface area contributed by atoms with Crippen LogP contribution in [0.4, 0.5) is 13.2 Å². The van der Waals surface area contributed by atoms with Gasteiger partial charge in [-0.25, -0.2) is 4.79 Å². The maximum Gasteiger partial charge on any atom is 0.401 e. The van der Waals surface area contributed by atoms with Crippen molar-refractivity contribution < 1.29 is 22.7 Å². The van der Waals surface area contributed by atoms with Crippen molar-refractivity contribution in [1.82, 2.24) is 10.3 Å². The van der Waals surface area contributed by atoms with Gasteiger partial charge >= 0.3 is 12.1 Å². The fraction of sp³-hybridized carbons (Fsp3) is 0.444. The Morgan fingerprint density at radius 1 is 1.50 bits per heavy atom. The molecule has 0 bridgehead atoms. The highest BCUT2D eigenvalue weighted by molar-refractivity contribution is 5.87. The molecule has 0 saturated carbocycles. The number of hydrogen-bond donors (Lipinski definition) is 2. The topological polar surface area (TPSA) is 54.1 Å². The average molecular weight is 236 g/mol. The zero-order valence-electron chi connectivity index (χ0n) is 8.52. The molecule has 0 aliphatic heterocycles. The Hall–Kier alpha value is -1.50. The maximum absolute atomic E-state index is 11.8. The third-order valence-electron chi connectivity index (χ3n) is 1.79. The van der Waals surface area contributed by atoms with Crippen LogP contribution >= 0.6 is 0 Å². The Labute approximate surface area is 89.8 Å². The predicted octanol–water partition coefficient (Wildman–Crippen LogP) is 1.45. The Morgan fingerprint density at radius 2 is 2.19 bits per heavy atom. The van der Waals surface area contributed by atoms with E-state index in [1.165, 1.54) is 19.2 Å². The number of aromatic amines is 1. The quantitative estimate of drug-likeness (QED) is 0.778. The van der Waals surface area contributed by atoms with Crippen LogP contribution in [0.1, 0.15) is 16.2 Å². The van der Waals surface area contributed by atoms with Crippen molar-refractivity contribution in [3.8, 4) is 0 Å². The minimum Gasteiger partial charge on any atom is -0.464 e. The summed E-state index contributed by atoms with van der Waals surface area (Å²) in [6, 6.07) is 2.98. The van der Waals surface area contributed by atoms with Gasteiger partial charge in [-0.1, -0.05) is 0 Å². The summed E-state index contributed by atoms with van der Waals surface area (Å²) >= 11 is 0. The zero-order chi connectivity index (χ0) is 12.2. The summed E-state index contributed by atoms with van der Waals surface area (Å²) in [7, 11) is 1.23. The minimum absolute atomic E-state index is 0.0104. The number of rotatable bonds is 4. The van der Waals surface area contributed by atoms with Crippen molar-refractivity contribution in [3.05, 3.63) is 23.5 Å². The highest BCUT2D eigenvalue weighted by atomic mass is 19.4. The van der Waals surface area contributed by atoms with Gasteiger partial charge in [-0.15, -0.1) is 0 Å². The van der Waals surface area contributed by atoms with Gasteiger partial charge in [-0.3, -0.25) is 0 Å². The van der Waals surface area contributed by atoms with E-state index in [0.29, 0.717) is 5.69 Å². The highest BCUT2D eigenvalue weighted by Gasteiger charge is 2.26. The summed E-state index contributed by atoms with van der Waals surface area (Å²) in [5.41, 5.74) is 0.705. The monoisotopic (exact) mass is 236 g/mol. The lowest BCUT2D eigenvalue weighted by atomic mass is 10.4. The Kier molecular flexibility index (Phi) is 3.94. The van der Waals surface area contributed by atoms with Crippen LogP contribution in [0.3, 0.4) is 0 Å². The molecule has 0 atom stereocenters. The second kappa shape index (κ2) is 5.02. The number of hydrogen-bond acceptors (Lipinski definition) is 3. The van der Waals surface area contributed by atoms with E-state index in [1.54, 1.807) is 0 Å². The van der Waals surface area contributed by atoms with Crippen LogP contribution in [-0.4, -0.2) is 30.8 Å².